The van der Waals surface area contributed by atoms with Gasteiger partial charge in [-0.3, -0.25) is 9.59 Å². The molecule has 3 aromatic carbocycles. The van der Waals surface area contributed by atoms with Crippen LogP contribution in [0.1, 0.15) is 40.1 Å². The highest BCUT2D eigenvalue weighted by atomic mass is 35.5. The van der Waals surface area contributed by atoms with Gasteiger partial charge in [0.2, 0.25) is 9.84 Å². The van der Waals surface area contributed by atoms with E-state index in [2.05, 4.69) is 0 Å². The van der Waals surface area contributed by atoms with Crippen LogP contribution in [0.25, 0.3) is 0 Å². The van der Waals surface area contributed by atoms with Gasteiger partial charge in [-0.15, -0.1) is 0 Å². The molecule has 0 fully saturated rings. The largest absolute Gasteiger partial charge is 0.339 e. The SMILES string of the molecule is CCN(CC)C(=O)c1ccc2c(c1)N(Cc1ccc(Cl)cc1)C(=O)c1ccccc1S2(=O)=O. The average molecular weight is 483 g/mol. The van der Waals surface area contributed by atoms with Gasteiger partial charge in [0, 0.05) is 23.7 Å². The Balaban J connectivity index is 1.93. The van der Waals surface area contributed by atoms with Gasteiger partial charge in [0.1, 0.15) is 0 Å². The molecule has 1 aliphatic rings. The molecule has 33 heavy (non-hydrogen) atoms. The highest BCUT2D eigenvalue weighted by Crippen LogP contribution is 2.38. The number of hydrogen-bond acceptors (Lipinski definition) is 4. The van der Waals surface area contributed by atoms with Gasteiger partial charge >= 0.3 is 0 Å². The van der Waals surface area contributed by atoms with E-state index in [0.29, 0.717) is 23.7 Å². The van der Waals surface area contributed by atoms with E-state index in [0.717, 1.165) is 5.56 Å². The van der Waals surface area contributed by atoms with E-state index < -0.39 is 15.7 Å². The van der Waals surface area contributed by atoms with Crippen LogP contribution in [0, 0.1) is 0 Å². The Kier molecular flexibility index (Phi) is 6.28. The van der Waals surface area contributed by atoms with Crippen molar-refractivity contribution in [1.82, 2.24) is 4.90 Å². The lowest BCUT2D eigenvalue weighted by Crippen LogP contribution is -2.32. The number of nitrogens with zero attached hydrogens (tertiary/aromatic N) is 2. The van der Waals surface area contributed by atoms with Crippen molar-refractivity contribution in [2.45, 2.75) is 30.2 Å². The molecule has 6 nitrogen and oxygen atoms in total. The predicted octanol–water partition coefficient (Wildman–Crippen LogP) is 4.82. The van der Waals surface area contributed by atoms with Gasteiger partial charge < -0.3 is 9.80 Å². The van der Waals surface area contributed by atoms with E-state index in [1.54, 1.807) is 41.3 Å². The van der Waals surface area contributed by atoms with E-state index >= 15 is 0 Å². The Bertz CT molecular complexity index is 1330. The smallest absolute Gasteiger partial charge is 0.259 e. The fourth-order valence-electron chi connectivity index (χ4n) is 3.96. The van der Waals surface area contributed by atoms with Gasteiger partial charge in [-0.05, 0) is 61.9 Å². The fraction of sp³-hybridized carbons (Fsp3) is 0.200. The maximum atomic E-state index is 13.6. The van der Waals surface area contributed by atoms with Crippen LogP contribution in [0.3, 0.4) is 0 Å². The van der Waals surface area contributed by atoms with Crippen molar-refractivity contribution in [1.29, 1.82) is 0 Å². The lowest BCUT2D eigenvalue weighted by atomic mass is 10.1. The second-order valence-electron chi connectivity index (χ2n) is 7.68. The maximum Gasteiger partial charge on any atom is 0.259 e. The van der Waals surface area contributed by atoms with Crippen molar-refractivity contribution in [3.63, 3.8) is 0 Å². The number of anilines is 1. The van der Waals surface area contributed by atoms with E-state index in [1.807, 2.05) is 13.8 Å². The molecule has 0 radical (unpaired) electrons. The third-order valence-corrected chi connectivity index (χ3v) is 7.85. The van der Waals surface area contributed by atoms with Crippen LogP contribution >= 0.6 is 11.6 Å². The van der Waals surface area contributed by atoms with Crippen LogP contribution in [0.4, 0.5) is 5.69 Å². The summed E-state index contributed by atoms with van der Waals surface area (Å²) in [6, 6.07) is 17.6. The summed E-state index contributed by atoms with van der Waals surface area (Å²) < 4.78 is 27.1. The third-order valence-electron chi connectivity index (χ3n) is 5.74. The summed E-state index contributed by atoms with van der Waals surface area (Å²) in [7, 11) is -3.99. The number of carbonyl (C=O) groups is 2. The molecule has 2 amide bonds. The van der Waals surface area contributed by atoms with Crippen LogP contribution in [-0.4, -0.2) is 38.2 Å². The summed E-state index contributed by atoms with van der Waals surface area (Å²) in [5.41, 5.74) is 1.38. The Morgan fingerprint density at radius 3 is 2.27 bits per heavy atom. The molecule has 0 spiro atoms. The van der Waals surface area contributed by atoms with Crippen LogP contribution in [0.5, 0.6) is 0 Å². The molecule has 170 valence electrons. The number of benzene rings is 3. The third kappa shape index (κ3) is 4.14. The van der Waals surface area contributed by atoms with E-state index in [-0.39, 0.29) is 33.5 Å². The molecule has 4 rings (SSSR count). The number of carbonyl (C=O) groups excluding carboxylic acids is 2. The lowest BCUT2D eigenvalue weighted by Gasteiger charge is -2.25. The van der Waals surface area contributed by atoms with Crippen molar-refractivity contribution in [3.8, 4) is 0 Å². The van der Waals surface area contributed by atoms with Crippen molar-refractivity contribution >= 4 is 38.9 Å². The van der Waals surface area contributed by atoms with Crippen molar-refractivity contribution in [2.24, 2.45) is 0 Å². The summed E-state index contributed by atoms with van der Waals surface area (Å²) in [5.74, 6) is -0.670. The summed E-state index contributed by atoms with van der Waals surface area (Å²) >= 11 is 6.01. The first-order valence-electron chi connectivity index (χ1n) is 10.6. The standard InChI is InChI=1S/C25H23ClN2O4S/c1-3-27(4-2)24(29)18-11-14-23-21(15-18)28(16-17-9-12-19(26)13-10-17)25(30)20-7-5-6-8-22(20)33(23,31)32/h5-15H,3-4,16H2,1-2H3. The number of hydrogen-bond donors (Lipinski definition) is 0. The zero-order valence-electron chi connectivity index (χ0n) is 18.3. The van der Waals surface area contributed by atoms with Crippen LogP contribution in [-0.2, 0) is 16.4 Å². The van der Waals surface area contributed by atoms with Gasteiger partial charge in [0.05, 0.1) is 27.6 Å². The molecule has 0 aliphatic carbocycles. The van der Waals surface area contributed by atoms with E-state index in [9.17, 15) is 18.0 Å². The maximum absolute atomic E-state index is 13.6. The molecule has 0 saturated heterocycles. The molecule has 0 N–H and O–H groups in total. The number of rotatable bonds is 5. The first-order chi connectivity index (χ1) is 15.8. The lowest BCUT2D eigenvalue weighted by molar-refractivity contribution is 0.0772. The first-order valence-corrected chi connectivity index (χ1v) is 12.5. The zero-order chi connectivity index (χ0) is 23.8. The highest BCUT2D eigenvalue weighted by Gasteiger charge is 2.36. The molecule has 0 atom stereocenters. The van der Waals surface area contributed by atoms with Gasteiger partial charge in [-0.1, -0.05) is 35.9 Å². The fourth-order valence-corrected chi connectivity index (χ4v) is 5.72. The summed E-state index contributed by atoms with van der Waals surface area (Å²) in [6.45, 7) is 4.91. The summed E-state index contributed by atoms with van der Waals surface area (Å²) in [6.07, 6.45) is 0. The normalized spacial score (nSPS) is 14.3. The van der Waals surface area contributed by atoms with E-state index in [4.69, 9.17) is 11.6 Å². The highest BCUT2D eigenvalue weighted by molar-refractivity contribution is 7.91. The van der Waals surface area contributed by atoms with Crippen LogP contribution < -0.4 is 4.90 Å². The first kappa shape index (κ1) is 23.0. The second-order valence-corrected chi connectivity index (χ2v) is 10.0. The minimum atomic E-state index is -3.99. The van der Waals surface area contributed by atoms with Crippen molar-refractivity contribution < 1.29 is 18.0 Å². The Morgan fingerprint density at radius 2 is 1.61 bits per heavy atom. The number of amides is 2. The second kappa shape index (κ2) is 9.00. The number of sulfone groups is 1. The molecular weight excluding hydrogens is 460 g/mol. The predicted molar refractivity (Wildman–Crippen MR) is 128 cm³/mol. The Labute approximate surface area is 198 Å². The molecule has 0 saturated carbocycles. The molecule has 0 bridgehead atoms. The Morgan fingerprint density at radius 1 is 0.939 bits per heavy atom. The monoisotopic (exact) mass is 482 g/mol. The molecule has 8 heteroatoms. The summed E-state index contributed by atoms with van der Waals surface area (Å²) in [5, 5.41) is 0.557. The van der Waals surface area contributed by atoms with Crippen molar-refractivity contribution in [3.05, 3.63) is 88.4 Å². The van der Waals surface area contributed by atoms with Crippen LogP contribution in [0.15, 0.2) is 76.5 Å². The zero-order valence-corrected chi connectivity index (χ0v) is 19.9. The quantitative estimate of drug-likeness (QED) is 0.522. The molecule has 0 unspecified atom stereocenters. The van der Waals surface area contributed by atoms with Crippen LogP contribution in [0.2, 0.25) is 5.02 Å². The molecule has 1 heterocycles. The van der Waals surface area contributed by atoms with E-state index in [1.165, 1.54) is 35.2 Å². The van der Waals surface area contributed by atoms with Crippen molar-refractivity contribution in [2.75, 3.05) is 18.0 Å². The number of fused-ring (bicyclic) bond motifs is 2. The average Bonchev–Trinajstić information content (AvgIpc) is 2.89. The molecular formula is C25H23ClN2O4S. The molecule has 1 aliphatic heterocycles. The summed E-state index contributed by atoms with van der Waals surface area (Å²) in [4.78, 5) is 29.6. The van der Waals surface area contributed by atoms with Gasteiger partial charge in [0.25, 0.3) is 11.8 Å². The number of halogens is 1. The van der Waals surface area contributed by atoms with Gasteiger partial charge in [-0.2, -0.15) is 0 Å². The molecule has 0 aromatic heterocycles. The molecule has 3 aromatic rings. The Hall–Kier alpha value is -3.16. The minimum Gasteiger partial charge on any atom is -0.339 e. The van der Waals surface area contributed by atoms with Gasteiger partial charge in [0.15, 0.2) is 0 Å². The topological polar surface area (TPSA) is 74.8 Å². The minimum absolute atomic E-state index is 0.00846. The van der Waals surface area contributed by atoms with Gasteiger partial charge in [-0.25, -0.2) is 8.42 Å².